The van der Waals surface area contributed by atoms with Gasteiger partial charge in [0.15, 0.2) is 5.16 Å². The van der Waals surface area contributed by atoms with E-state index < -0.39 is 5.25 Å². The topological polar surface area (TPSA) is 73.2 Å². The minimum absolute atomic E-state index is 0.143. The number of ether oxygens (including phenoxy) is 1. The summed E-state index contributed by atoms with van der Waals surface area (Å²) in [5, 5.41) is 3.32. The zero-order chi connectivity index (χ0) is 20.8. The van der Waals surface area contributed by atoms with Gasteiger partial charge in [-0.1, -0.05) is 30.0 Å². The second kappa shape index (κ2) is 9.43. The summed E-state index contributed by atoms with van der Waals surface area (Å²) in [6.45, 7) is 8.26. The number of amides is 1. The number of para-hydroxylation sites is 1. The molecule has 0 aliphatic carbocycles. The van der Waals surface area contributed by atoms with Gasteiger partial charge in [0, 0.05) is 6.54 Å². The number of rotatable bonds is 8. The quantitative estimate of drug-likeness (QED) is 0.350. The highest BCUT2D eigenvalue weighted by atomic mass is 32.2. The molecule has 7 heteroatoms. The van der Waals surface area contributed by atoms with Gasteiger partial charge in [-0.05, 0) is 50.2 Å². The van der Waals surface area contributed by atoms with E-state index in [0.717, 1.165) is 5.75 Å². The Bertz CT molecular complexity index is 1080. The third kappa shape index (κ3) is 4.68. The zero-order valence-electron chi connectivity index (χ0n) is 16.4. The van der Waals surface area contributed by atoms with E-state index in [1.54, 1.807) is 29.7 Å². The van der Waals surface area contributed by atoms with Crippen LogP contribution in [0.4, 0.5) is 0 Å². The number of carbonyl (C=O) groups excluding carboxylic acids is 1. The molecule has 150 valence electrons. The number of fused-ring (bicyclic) bond motifs is 1. The van der Waals surface area contributed by atoms with E-state index in [2.05, 4.69) is 16.9 Å². The average Bonchev–Trinajstić information content (AvgIpc) is 2.73. The number of carbonyl (C=O) groups is 1. The smallest absolute Gasteiger partial charge is 0.266 e. The van der Waals surface area contributed by atoms with Crippen molar-refractivity contribution in [2.45, 2.75) is 24.3 Å². The van der Waals surface area contributed by atoms with Crippen LogP contribution in [0.2, 0.25) is 0 Å². The molecule has 3 aromatic rings. The fourth-order valence-electron chi connectivity index (χ4n) is 2.81. The van der Waals surface area contributed by atoms with Crippen molar-refractivity contribution < 1.29 is 9.53 Å². The number of aromatic nitrogens is 2. The first-order valence-electron chi connectivity index (χ1n) is 9.35. The lowest BCUT2D eigenvalue weighted by Gasteiger charge is -2.16. The molecule has 6 nitrogen and oxygen atoms in total. The zero-order valence-corrected chi connectivity index (χ0v) is 17.2. The van der Waals surface area contributed by atoms with Gasteiger partial charge in [0.05, 0.1) is 28.4 Å². The molecule has 0 unspecified atom stereocenters. The van der Waals surface area contributed by atoms with E-state index in [0.29, 0.717) is 34.9 Å². The second-order valence-electron chi connectivity index (χ2n) is 6.27. The molecule has 1 atom stereocenters. The van der Waals surface area contributed by atoms with Crippen molar-refractivity contribution in [3.8, 4) is 11.4 Å². The third-order valence-corrected chi connectivity index (χ3v) is 5.28. The first-order chi connectivity index (χ1) is 14.0. The van der Waals surface area contributed by atoms with Gasteiger partial charge in [-0.2, -0.15) is 0 Å². The Hall–Kier alpha value is -3.06. The normalized spacial score (nSPS) is 11.8. The van der Waals surface area contributed by atoms with Gasteiger partial charge in [-0.25, -0.2) is 4.98 Å². The Morgan fingerprint density at radius 1 is 1.28 bits per heavy atom. The van der Waals surface area contributed by atoms with Crippen LogP contribution < -0.4 is 15.6 Å². The molecule has 29 heavy (non-hydrogen) atoms. The molecule has 1 aromatic heterocycles. The third-order valence-electron chi connectivity index (χ3n) is 4.22. The maximum atomic E-state index is 13.2. The van der Waals surface area contributed by atoms with Crippen molar-refractivity contribution in [1.82, 2.24) is 14.9 Å². The van der Waals surface area contributed by atoms with E-state index in [1.165, 1.54) is 11.8 Å². The molecule has 0 bridgehead atoms. The number of nitrogens with zero attached hydrogens (tertiary/aromatic N) is 2. The Morgan fingerprint density at radius 2 is 2.00 bits per heavy atom. The second-order valence-corrected chi connectivity index (χ2v) is 7.58. The Kier molecular flexibility index (Phi) is 6.72. The summed E-state index contributed by atoms with van der Waals surface area (Å²) < 4.78 is 7.03. The highest BCUT2D eigenvalue weighted by Crippen LogP contribution is 2.26. The van der Waals surface area contributed by atoms with Crippen LogP contribution in [0.5, 0.6) is 5.75 Å². The van der Waals surface area contributed by atoms with Gasteiger partial charge in [-0.15, -0.1) is 6.58 Å². The van der Waals surface area contributed by atoms with E-state index in [4.69, 9.17) is 4.74 Å². The fourth-order valence-corrected chi connectivity index (χ4v) is 3.76. The molecule has 0 spiro atoms. The van der Waals surface area contributed by atoms with Crippen molar-refractivity contribution in [3.05, 3.63) is 71.5 Å². The van der Waals surface area contributed by atoms with E-state index >= 15 is 0 Å². The molecule has 0 saturated heterocycles. The van der Waals surface area contributed by atoms with Crippen molar-refractivity contribution in [2.75, 3.05) is 13.2 Å². The van der Waals surface area contributed by atoms with Crippen LogP contribution in [-0.4, -0.2) is 33.9 Å². The van der Waals surface area contributed by atoms with Crippen molar-refractivity contribution in [2.24, 2.45) is 0 Å². The van der Waals surface area contributed by atoms with Crippen LogP contribution in [0.25, 0.3) is 16.6 Å². The summed E-state index contributed by atoms with van der Waals surface area (Å²) in [4.78, 5) is 30.2. The molecule has 0 aliphatic rings. The Labute approximate surface area is 173 Å². The summed E-state index contributed by atoms with van der Waals surface area (Å²) in [6.07, 6.45) is 1.62. The maximum absolute atomic E-state index is 13.2. The molecule has 1 heterocycles. The molecule has 0 saturated carbocycles. The largest absolute Gasteiger partial charge is 0.494 e. The van der Waals surface area contributed by atoms with Crippen LogP contribution in [0.3, 0.4) is 0 Å². The lowest BCUT2D eigenvalue weighted by atomic mass is 10.2. The Balaban J connectivity index is 2.07. The predicted molar refractivity (Wildman–Crippen MR) is 117 cm³/mol. The number of hydrogen-bond donors (Lipinski definition) is 1. The van der Waals surface area contributed by atoms with Crippen LogP contribution >= 0.6 is 11.8 Å². The van der Waals surface area contributed by atoms with Crippen LogP contribution in [-0.2, 0) is 4.79 Å². The fraction of sp³-hybridized carbons (Fsp3) is 0.227. The van der Waals surface area contributed by atoms with Gasteiger partial charge in [-0.3, -0.25) is 14.2 Å². The standard InChI is InChI=1S/C22H23N3O3S/c1-4-14-23-20(26)15(3)29-22-24-19-9-7-6-8-18(19)21(27)25(22)16-10-12-17(13-11-16)28-5-2/h4,6-13,15H,1,5,14H2,2-3H3,(H,23,26)/t15-/m1/s1. The lowest BCUT2D eigenvalue weighted by Crippen LogP contribution is -2.32. The van der Waals surface area contributed by atoms with E-state index in [1.807, 2.05) is 43.3 Å². The minimum Gasteiger partial charge on any atom is -0.494 e. The van der Waals surface area contributed by atoms with Crippen molar-refractivity contribution >= 4 is 28.6 Å². The molecule has 3 rings (SSSR count). The first kappa shape index (κ1) is 20.7. The molecule has 0 aliphatic heterocycles. The highest BCUT2D eigenvalue weighted by molar-refractivity contribution is 8.00. The summed E-state index contributed by atoms with van der Waals surface area (Å²) in [5.41, 5.74) is 1.08. The molecule has 2 aromatic carbocycles. The van der Waals surface area contributed by atoms with Gasteiger partial charge in [0.1, 0.15) is 5.75 Å². The SMILES string of the molecule is C=CCNC(=O)[C@@H](C)Sc1nc2ccccc2c(=O)n1-c1ccc(OCC)cc1. The van der Waals surface area contributed by atoms with Crippen LogP contribution in [0.15, 0.2) is 71.1 Å². The number of nitrogens with one attached hydrogen (secondary N) is 1. The van der Waals surface area contributed by atoms with E-state index in [9.17, 15) is 9.59 Å². The van der Waals surface area contributed by atoms with Gasteiger partial charge < -0.3 is 10.1 Å². The number of benzene rings is 2. The molecule has 1 N–H and O–H groups in total. The van der Waals surface area contributed by atoms with Gasteiger partial charge in [0.25, 0.3) is 5.56 Å². The van der Waals surface area contributed by atoms with Crippen molar-refractivity contribution in [1.29, 1.82) is 0 Å². The van der Waals surface area contributed by atoms with Gasteiger partial charge in [0.2, 0.25) is 5.91 Å². The van der Waals surface area contributed by atoms with Gasteiger partial charge >= 0.3 is 0 Å². The number of hydrogen-bond acceptors (Lipinski definition) is 5. The van der Waals surface area contributed by atoms with Crippen LogP contribution in [0.1, 0.15) is 13.8 Å². The minimum atomic E-state index is -0.433. The molecule has 1 amide bonds. The van der Waals surface area contributed by atoms with E-state index in [-0.39, 0.29) is 11.5 Å². The summed E-state index contributed by atoms with van der Waals surface area (Å²) in [6, 6.07) is 14.5. The summed E-state index contributed by atoms with van der Waals surface area (Å²) >= 11 is 1.24. The van der Waals surface area contributed by atoms with Crippen molar-refractivity contribution in [3.63, 3.8) is 0 Å². The first-order valence-corrected chi connectivity index (χ1v) is 10.2. The summed E-state index contributed by atoms with van der Waals surface area (Å²) in [7, 11) is 0. The Morgan fingerprint density at radius 3 is 2.69 bits per heavy atom. The monoisotopic (exact) mass is 409 g/mol. The predicted octanol–water partition coefficient (Wildman–Crippen LogP) is 3.57. The highest BCUT2D eigenvalue weighted by Gasteiger charge is 2.20. The molecular weight excluding hydrogens is 386 g/mol. The maximum Gasteiger partial charge on any atom is 0.266 e. The molecule has 0 fully saturated rings. The molecular formula is C22H23N3O3S. The average molecular weight is 410 g/mol. The number of thioether (sulfide) groups is 1. The molecule has 0 radical (unpaired) electrons. The summed E-state index contributed by atoms with van der Waals surface area (Å²) in [5.74, 6) is 0.583. The lowest BCUT2D eigenvalue weighted by molar-refractivity contribution is -0.120. The van der Waals surface area contributed by atoms with Crippen LogP contribution in [0, 0.1) is 0 Å².